The molecule has 1 aromatic carbocycles. The van der Waals surface area contributed by atoms with Crippen molar-refractivity contribution in [3.8, 4) is 0 Å². The fourth-order valence-electron chi connectivity index (χ4n) is 2.43. The van der Waals surface area contributed by atoms with Crippen molar-refractivity contribution >= 4 is 17.7 Å². The number of hydrogen-bond acceptors (Lipinski definition) is 3. The number of carboxylic acids is 1. The fourth-order valence-corrected chi connectivity index (χ4v) is 2.43. The summed E-state index contributed by atoms with van der Waals surface area (Å²) in [6.07, 6.45) is 3.42. The lowest BCUT2D eigenvalue weighted by atomic mass is 10.1. The van der Waals surface area contributed by atoms with Crippen molar-refractivity contribution in [1.82, 2.24) is 4.90 Å². The Kier molecular flexibility index (Phi) is 4.39. The van der Waals surface area contributed by atoms with Crippen LogP contribution in [0.25, 0.3) is 6.08 Å². The van der Waals surface area contributed by atoms with Crippen LogP contribution in [0.4, 0.5) is 10.1 Å². The molecule has 0 aliphatic carbocycles. The predicted molar refractivity (Wildman–Crippen MR) is 77.4 cm³/mol. The number of likely N-dealkylation sites (N-methyl/N-ethyl adjacent to an activating group) is 1. The summed E-state index contributed by atoms with van der Waals surface area (Å²) in [5.41, 5.74) is 1.14. The summed E-state index contributed by atoms with van der Waals surface area (Å²) in [6.45, 7) is 1.65. The molecule has 0 aromatic heterocycles. The molecular formula is C15H19FN2O2. The number of carboxylic acid groups (broad SMARTS) is 1. The molecule has 1 N–H and O–H groups in total. The normalized spacial score (nSPS) is 19.2. The highest BCUT2D eigenvalue weighted by Crippen LogP contribution is 2.26. The van der Waals surface area contributed by atoms with Crippen LogP contribution in [0, 0.1) is 5.82 Å². The van der Waals surface area contributed by atoms with E-state index in [4.69, 9.17) is 5.11 Å². The largest absolute Gasteiger partial charge is 0.478 e. The molecule has 1 saturated heterocycles. The Morgan fingerprint density at radius 1 is 1.50 bits per heavy atom. The Morgan fingerprint density at radius 3 is 2.80 bits per heavy atom. The zero-order valence-corrected chi connectivity index (χ0v) is 11.7. The third-order valence-electron chi connectivity index (χ3n) is 3.62. The summed E-state index contributed by atoms with van der Waals surface area (Å²) in [6, 6.07) is 5.27. The van der Waals surface area contributed by atoms with Crippen molar-refractivity contribution in [3.05, 3.63) is 35.7 Å². The van der Waals surface area contributed by atoms with Crippen LogP contribution in [-0.4, -0.2) is 49.2 Å². The first kappa shape index (κ1) is 14.5. The van der Waals surface area contributed by atoms with E-state index in [0.29, 0.717) is 17.3 Å². The number of halogens is 1. The lowest BCUT2D eigenvalue weighted by molar-refractivity contribution is -0.131. The summed E-state index contributed by atoms with van der Waals surface area (Å²) < 4.78 is 14.1. The first-order chi connectivity index (χ1) is 9.47. The lowest BCUT2D eigenvalue weighted by Crippen LogP contribution is -2.31. The van der Waals surface area contributed by atoms with Gasteiger partial charge in [0.2, 0.25) is 0 Å². The number of hydrogen-bond donors (Lipinski definition) is 1. The average Bonchev–Trinajstić information content (AvgIpc) is 2.86. The van der Waals surface area contributed by atoms with Gasteiger partial charge in [-0.3, -0.25) is 0 Å². The van der Waals surface area contributed by atoms with Gasteiger partial charge in [-0.15, -0.1) is 0 Å². The molecule has 1 aliphatic heterocycles. The van der Waals surface area contributed by atoms with Gasteiger partial charge >= 0.3 is 5.97 Å². The standard InChI is InChI=1S/C15H19FN2O2/c1-17(2)12-7-8-18(10-12)14-5-3-11(9-13(14)16)4-6-15(19)20/h3-6,9,12H,7-8,10H2,1-2H3,(H,19,20). The molecule has 0 amide bonds. The van der Waals surface area contributed by atoms with E-state index in [-0.39, 0.29) is 5.82 Å². The Hall–Kier alpha value is -1.88. The second-order valence-corrected chi connectivity index (χ2v) is 5.23. The average molecular weight is 278 g/mol. The number of carbonyl (C=O) groups is 1. The van der Waals surface area contributed by atoms with E-state index in [0.717, 1.165) is 25.6 Å². The monoisotopic (exact) mass is 278 g/mol. The van der Waals surface area contributed by atoms with Crippen LogP contribution in [-0.2, 0) is 4.79 Å². The fraction of sp³-hybridized carbons (Fsp3) is 0.400. The predicted octanol–water partition coefficient (Wildman–Crippen LogP) is 2.06. The maximum atomic E-state index is 14.1. The van der Waals surface area contributed by atoms with Crippen LogP contribution in [0.5, 0.6) is 0 Å². The van der Waals surface area contributed by atoms with Gasteiger partial charge in [0.25, 0.3) is 0 Å². The van der Waals surface area contributed by atoms with Crippen molar-refractivity contribution < 1.29 is 14.3 Å². The number of nitrogens with zero attached hydrogens (tertiary/aromatic N) is 2. The van der Waals surface area contributed by atoms with Gasteiger partial charge in [-0.1, -0.05) is 6.07 Å². The molecule has 1 aliphatic rings. The van der Waals surface area contributed by atoms with Crippen molar-refractivity contribution in [1.29, 1.82) is 0 Å². The van der Waals surface area contributed by atoms with Crippen molar-refractivity contribution in [2.75, 3.05) is 32.1 Å². The van der Waals surface area contributed by atoms with Gasteiger partial charge in [0.05, 0.1) is 5.69 Å². The second-order valence-electron chi connectivity index (χ2n) is 5.23. The van der Waals surface area contributed by atoms with Crippen LogP contribution < -0.4 is 4.90 Å². The Labute approximate surface area is 118 Å². The highest BCUT2D eigenvalue weighted by molar-refractivity contribution is 5.85. The van der Waals surface area contributed by atoms with Gasteiger partial charge in [-0.2, -0.15) is 0 Å². The van der Waals surface area contributed by atoms with E-state index in [1.165, 1.54) is 12.1 Å². The third-order valence-corrected chi connectivity index (χ3v) is 3.62. The van der Waals surface area contributed by atoms with E-state index in [1.807, 2.05) is 19.0 Å². The number of aliphatic carboxylic acids is 1. The SMILES string of the molecule is CN(C)C1CCN(c2ccc(C=CC(=O)O)cc2F)C1. The molecule has 1 heterocycles. The molecule has 0 saturated carbocycles. The Morgan fingerprint density at radius 2 is 2.25 bits per heavy atom. The van der Waals surface area contributed by atoms with Gasteiger partial charge in [-0.05, 0) is 44.3 Å². The zero-order chi connectivity index (χ0) is 14.7. The molecule has 1 atom stereocenters. The molecule has 0 bridgehead atoms. The van der Waals surface area contributed by atoms with Crippen LogP contribution in [0.3, 0.4) is 0 Å². The minimum absolute atomic E-state index is 0.308. The molecule has 0 spiro atoms. The molecular weight excluding hydrogens is 259 g/mol. The summed E-state index contributed by atoms with van der Waals surface area (Å²) >= 11 is 0. The Balaban J connectivity index is 2.12. The van der Waals surface area contributed by atoms with Crippen LogP contribution in [0.1, 0.15) is 12.0 Å². The maximum absolute atomic E-state index is 14.1. The summed E-state index contributed by atoms with van der Waals surface area (Å²) in [4.78, 5) is 14.6. The molecule has 108 valence electrons. The third kappa shape index (κ3) is 3.36. The minimum Gasteiger partial charge on any atom is -0.478 e. The van der Waals surface area contributed by atoms with E-state index >= 15 is 0 Å². The quantitative estimate of drug-likeness (QED) is 0.856. The molecule has 2 rings (SSSR count). The van der Waals surface area contributed by atoms with Crippen molar-refractivity contribution in [3.63, 3.8) is 0 Å². The van der Waals surface area contributed by atoms with Gasteiger partial charge in [0.1, 0.15) is 5.82 Å². The zero-order valence-electron chi connectivity index (χ0n) is 11.7. The van der Waals surface area contributed by atoms with Gasteiger partial charge in [0, 0.05) is 25.2 Å². The molecule has 1 aromatic rings. The van der Waals surface area contributed by atoms with Crippen LogP contribution in [0.2, 0.25) is 0 Å². The molecule has 1 fully saturated rings. The Bertz CT molecular complexity index is 529. The maximum Gasteiger partial charge on any atom is 0.328 e. The van der Waals surface area contributed by atoms with Gasteiger partial charge in [0.15, 0.2) is 0 Å². The van der Waals surface area contributed by atoms with Crippen molar-refractivity contribution in [2.45, 2.75) is 12.5 Å². The van der Waals surface area contributed by atoms with Crippen LogP contribution in [0.15, 0.2) is 24.3 Å². The van der Waals surface area contributed by atoms with E-state index in [1.54, 1.807) is 12.1 Å². The van der Waals surface area contributed by atoms with E-state index in [9.17, 15) is 9.18 Å². The first-order valence-corrected chi connectivity index (χ1v) is 6.59. The summed E-state index contributed by atoms with van der Waals surface area (Å²) in [7, 11) is 4.06. The first-order valence-electron chi connectivity index (χ1n) is 6.59. The highest BCUT2D eigenvalue weighted by Gasteiger charge is 2.25. The van der Waals surface area contributed by atoms with E-state index < -0.39 is 5.97 Å². The van der Waals surface area contributed by atoms with Gasteiger partial charge < -0.3 is 14.9 Å². The summed E-state index contributed by atoms with van der Waals surface area (Å²) in [5, 5.41) is 8.56. The number of benzene rings is 1. The second kappa shape index (κ2) is 6.05. The van der Waals surface area contributed by atoms with Crippen molar-refractivity contribution in [2.24, 2.45) is 0 Å². The minimum atomic E-state index is -1.04. The van der Waals surface area contributed by atoms with Crippen LogP contribution >= 0.6 is 0 Å². The topological polar surface area (TPSA) is 43.8 Å². The molecule has 4 nitrogen and oxygen atoms in total. The van der Waals surface area contributed by atoms with E-state index in [2.05, 4.69) is 4.90 Å². The molecule has 20 heavy (non-hydrogen) atoms. The lowest BCUT2D eigenvalue weighted by Gasteiger charge is -2.22. The molecule has 0 radical (unpaired) electrons. The summed E-state index contributed by atoms with van der Waals surface area (Å²) in [5.74, 6) is -1.35. The number of anilines is 1. The smallest absolute Gasteiger partial charge is 0.328 e. The highest BCUT2D eigenvalue weighted by atomic mass is 19.1. The number of rotatable bonds is 4. The van der Waals surface area contributed by atoms with Gasteiger partial charge in [-0.25, -0.2) is 9.18 Å². The molecule has 5 heteroatoms. The molecule has 1 unspecified atom stereocenters.